The maximum Gasteiger partial charge on any atom is 0.450 e. The van der Waals surface area contributed by atoms with E-state index in [2.05, 4.69) is 10.3 Å². The van der Waals surface area contributed by atoms with Gasteiger partial charge in [0.15, 0.2) is 5.69 Å². The standard InChI is InChI=1S/C16H14F5N3O3/c17-15(18)6-8(7-15)9(5-11(25)26)22-13(27)12-10-3-1-2-4-24(10)14(23-12)16(19,20)21/h1-4,8-9H,5-7H2,(H,22,27)(H,25,26). The molecule has 6 nitrogen and oxygen atoms in total. The van der Waals surface area contributed by atoms with Gasteiger partial charge in [-0.3, -0.25) is 14.0 Å². The number of amides is 1. The van der Waals surface area contributed by atoms with E-state index in [0.717, 1.165) is 6.20 Å². The van der Waals surface area contributed by atoms with Gasteiger partial charge in [-0.25, -0.2) is 13.8 Å². The van der Waals surface area contributed by atoms with Crippen LogP contribution in [0.2, 0.25) is 0 Å². The van der Waals surface area contributed by atoms with Crippen molar-refractivity contribution in [1.82, 2.24) is 14.7 Å². The lowest BCUT2D eigenvalue weighted by Crippen LogP contribution is -2.50. The number of carbonyl (C=O) groups is 2. The van der Waals surface area contributed by atoms with Crippen molar-refractivity contribution in [3.63, 3.8) is 0 Å². The Hall–Kier alpha value is -2.72. The highest BCUT2D eigenvalue weighted by molar-refractivity contribution is 5.99. The van der Waals surface area contributed by atoms with Gasteiger partial charge in [0.2, 0.25) is 11.7 Å². The number of fused-ring (bicyclic) bond motifs is 1. The Labute approximate surface area is 149 Å². The molecule has 1 atom stereocenters. The highest BCUT2D eigenvalue weighted by Crippen LogP contribution is 2.44. The maximum absolute atomic E-state index is 13.1. The molecular formula is C16H14F5N3O3. The lowest BCUT2D eigenvalue weighted by molar-refractivity contribution is -0.145. The molecule has 0 saturated heterocycles. The molecule has 3 rings (SSSR count). The van der Waals surface area contributed by atoms with Crippen molar-refractivity contribution in [3.8, 4) is 0 Å². The quantitative estimate of drug-likeness (QED) is 0.768. The first-order valence-corrected chi connectivity index (χ1v) is 7.93. The molecule has 2 aromatic rings. The van der Waals surface area contributed by atoms with Gasteiger partial charge < -0.3 is 10.4 Å². The van der Waals surface area contributed by atoms with Crippen LogP contribution in [-0.4, -0.2) is 38.3 Å². The Morgan fingerprint density at radius 2 is 2.00 bits per heavy atom. The number of rotatable bonds is 5. The fourth-order valence-electron chi connectivity index (χ4n) is 3.16. The summed E-state index contributed by atoms with van der Waals surface area (Å²) in [6.07, 6.45) is -5.54. The van der Waals surface area contributed by atoms with Crippen molar-refractivity contribution in [3.05, 3.63) is 35.9 Å². The van der Waals surface area contributed by atoms with E-state index in [1.54, 1.807) is 0 Å². The van der Waals surface area contributed by atoms with Crippen LogP contribution in [0.1, 0.15) is 35.6 Å². The second-order valence-corrected chi connectivity index (χ2v) is 6.44. The number of pyridine rings is 1. The summed E-state index contributed by atoms with van der Waals surface area (Å²) in [7, 11) is 0. The van der Waals surface area contributed by atoms with Gasteiger partial charge in [0, 0.05) is 25.1 Å². The Morgan fingerprint density at radius 3 is 2.56 bits per heavy atom. The monoisotopic (exact) mass is 391 g/mol. The van der Waals surface area contributed by atoms with E-state index in [-0.39, 0.29) is 5.52 Å². The molecule has 27 heavy (non-hydrogen) atoms. The third-order valence-electron chi connectivity index (χ3n) is 4.42. The molecule has 1 unspecified atom stereocenters. The molecule has 1 aliphatic rings. The molecule has 1 amide bonds. The Balaban J connectivity index is 1.89. The molecule has 146 valence electrons. The van der Waals surface area contributed by atoms with Gasteiger partial charge in [-0.05, 0) is 18.1 Å². The third-order valence-corrected chi connectivity index (χ3v) is 4.42. The molecule has 2 heterocycles. The number of aliphatic carboxylic acids is 1. The highest BCUT2D eigenvalue weighted by atomic mass is 19.4. The van der Waals surface area contributed by atoms with Gasteiger partial charge >= 0.3 is 12.1 Å². The van der Waals surface area contributed by atoms with Crippen molar-refractivity contribution in [2.75, 3.05) is 0 Å². The molecule has 1 fully saturated rings. The molecular weight excluding hydrogens is 377 g/mol. The number of nitrogens with zero attached hydrogens (tertiary/aromatic N) is 2. The van der Waals surface area contributed by atoms with E-state index in [9.17, 15) is 31.5 Å². The minimum absolute atomic E-state index is 0.129. The van der Waals surface area contributed by atoms with Crippen LogP contribution >= 0.6 is 0 Å². The first-order chi connectivity index (χ1) is 12.5. The minimum atomic E-state index is -4.82. The Morgan fingerprint density at radius 1 is 1.33 bits per heavy atom. The summed E-state index contributed by atoms with van der Waals surface area (Å²) in [5.41, 5.74) is -0.681. The molecule has 0 bridgehead atoms. The van der Waals surface area contributed by atoms with E-state index in [1.807, 2.05) is 0 Å². The van der Waals surface area contributed by atoms with Crippen LogP contribution in [0, 0.1) is 5.92 Å². The molecule has 1 saturated carbocycles. The van der Waals surface area contributed by atoms with Gasteiger partial charge in [-0.2, -0.15) is 13.2 Å². The van der Waals surface area contributed by atoms with Crippen molar-refractivity contribution in [2.24, 2.45) is 5.92 Å². The summed E-state index contributed by atoms with van der Waals surface area (Å²) in [5.74, 6) is -7.39. The number of nitrogens with one attached hydrogen (secondary N) is 1. The van der Waals surface area contributed by atoms with Gasteiger partial charge in [0.25, 0.3) is 5.91 Å². The Bertz CT molecular complexity index is 885. The van der Waals surface area contributed by atoms with E-state index in [0.29, 0.717) is 4.40 Å². The molecule has 0 aromatic carbocycles. The lowest BCUT2D eigenvalue weighted by atomic mass is 9.75. The van der Waals surface area contributed by atoms with Gasteiger partial charge in [-0.15, -0.1) is 0 Å². The number of carbonyl (C=O) groups excluding carboxylic acids is 1. The van der Waals surface area contributed by atoms with Crippen LogP contribution in [0.15, 0.2) is 24.4 Å². The SMILES string of the molecule is O=C(O)CC(NC(=O)c1nc(C(F)(F)F)n2ccccc12)C1CC(F)(F)C1. The number of alkyl halides is 5. The fourth-order valence-corrected chi connectivity index (χ4v) is 3.16. The summed E-state index contributed by atoms with van der Waals surface area (Å²) >= 11 is 0. The van der Waals surface area contributed by atoms with E-state index in [1.165, 1.54) is 18.2 Å². The summed E-state index contributed by atoms with van der Waals surface area (Å²) in [6.45, 7) is 0. The summed E-state index contributed by atoms with van der Waals surface area (Å²) in [6, 6.07) is 2.86. The number of imidazole rings is 1. The lowest BCUT2D eigenvalue weighted by Gasteiger charge is -2.39. The van der Waals surface area contributed by atoms with E-state index in [4.69, 9.17) is 5.11 Å². The molecule has 2 N–H and O–H groups in total. The first-order valence-electron chi connectivity index (χ1n) is 7.93. The average molecular weight is 391 g/mol. The van der Waals surface area contributed by atoms with E-state index >= 15 is 0 Å². The summed E-state index contributed by atoms with van der Waals surface area (Å²) < 4.78 is 66.3. The smallest absolute Gasteiger partial charge is 0.450 e. The van der Waals surface area contributed by atoms with Crippen LogP contribution < -0.4 is 5.32 Å². The number of aromatic nitrogens is 2. The predicted octanol–water partition coefficient (Wildman–Crippen LogP) is 2.97. The molecule has 0 aliphatic heterocycles. The largest absolute Gasteiger partial charge is 0.481 e. The van der Waals surface area contributed by atoms with Crippen molar-refractivity contribution >= 4 is 17.4 Å². The first kappa shape index (κ1) is 19.1. The minimum Gasteiger partial charge on any atom is -0.481 e. The van der Waals surface area contributed by atoms with E-state index < -0.39 is 66.7 Å². The van der Waals surface area contributed by atoms with Crippen LogP contribution in [0.5, 0.6) is 0 Å². The Kier molecular flexibility index (Phi) is 4.56. The molecule has 2 aromatic heterocycles. The second kappa shape index (κ2) is 6.46. The normalized spacial score (nSPS) is 18.1. The number of hydrogen-bond acceptors (Lipinski definition) is 3. The second-order valence-electron chi connectivity index (χ2n) is 6.44. The molecule has 0 spiro atoms. The van der Waals surface area contributed by atoms with Crippen molar-refractivity contribution in [1.29, 1.82) is 0 Å². The van der Waals surface area contributed by atoms with Crippen LogP contribution in [0.25, 0.3) is 5.52 Å². The maximum atomic E-state index is 13.1. The van der Waals surface area contributed by atoms with Crippen LogP contribution in [0.4, 0.5) is 22.0 Å². The van der Waals surface area contributed by atoms with Crippen molar-refractivity contribution < 1.29 is 36.6 Å². The zero-order valence-corrected chi connectivity index (χ0v) is 13.6. The third kappa shape index (κ3) is 3.86. The fraction of sp³-hybridized carbons (Fsp3) is 0.438. The summed E-state index contributed by atoms with van der Waals surface area (Å²) in [5, 5.41) is 11.2. The zero-order chi connectivity index (χ0) is 20.0. The van der Waals surface area contributed by atoms with Crippen molar-refractivity contribution in [2.45, 2.75) is 37.4 Å². The molecule has 11 heteroatoms. The highest BCUT2D eigenvalue weighted by Gasteiger charge is 2.49. The topological polar surface area (TPSA) is 83.7 Å². The number of carboxylic acids is 1. The summed E-state index contributed by atoms with van der Waals surface area (Å²) in [4.78, 5) is 26.8. The predicted molar refractivity (Wildman–Crippen MR) is 81.4 cm³/mol. The van der Waals surface area contributed by atoms with Gasteiger partial charge in [-0.1, -0.05) is 6.07 Å². The van der Waals surface area contributed by atoms with Crippen LogP contribution in [0.3, 0.4) is 0 Å². The van der Waals surface area contributed by atoms with Gasteiger partial charge in [0.1, 0.15) is 0 Å². The number of hydrogen-bond donors (Lipinski definition) is 2. The van der Waals surface area contributed by atoms with Gasteiger partial charge in [0.05, 0.1) is 11.9 Å². The molecule has 1 aliphatic carbocycles. The zero-order valence-electron chi connectivity index (χ0n) is 13.6. The number of carboxylic acid groups (broad SMARTS) is 1. The molecule has 0 radical (unpaired) electrons. The van der Waals surface area contributed by atoms with Crippen LogP contribution in [-0.2, 0) is 11.0 Å². The average Bonchev–Trinajstić information content (AvgIpc) is 2.91. The number of halogens is 5.